The molecule has 1 aromatic carbocycles. The number of thiocarbonyl (C=S) groups is 1. The fourth-order valence-corrected chi connectivity index (χ4v) is 3.22. The summed E-state index contributed by atoms with van der Waals surface area (Å²) in [6, 6.07) is 6.49. The maximum atomic E-state index is 12.4. The van der Waals surface area contributed by atoms with Crippen LogP contribution >= 0.6 is 12.2 Å². The summed E-state index contributed by atoms with van der Waals surface area (Å²) in [5.74, 6) is 0.320. The number of benzene rings is 1. The number of para-hydroxylation sites is 1. The summed E-state index contributed by atoms with van der Waals surface area (Å²) in [4.78, 5) is 12.7. The molecule has 1 saturated carbocycles. The van der Waals surface area contributed by atoms with Gasteiger partial charge in [0.05, 0.1) is 16.1 Å². The molecule has 0 aromatic heterocycles. The summed E-state index contributed by atoms with van der Waals surface area (Å²) in [6.07, 6.45) is 4.69. The fourth-order valence-electron chi connectivity index (χ4n) is 2.96. The summed E-state index contributed by atoms with van der Waals surface area (Å²) < 4.78 is 0. The summed E-state index contributed by atoms with van der Waals surface area (Å²) in [7, 11) is 0. The topological polar surface area (TPSA) is 75.3 Å². The van der Waals surface area contributed by atoms with Crippen molar-refractivity contribution in [2.75, 3.05) is 0 Å². The molecular weight excluding hydrogens is 284 g/mol. The van der Waals surface area contributed by atoms with Crippen molar-refractivity contribution < 1.29 is 9.90 Å². The molecule has 4 nitrogen and oxygen atoms in total. The number of hydrogen-bond donors (Lipinski definition) is 3. The standard InChI is InChI=1S/C16H22N2O2S/c1-2-11-7-9-16(10-8-11,15(17)21)18-14(20)12-5-3-4-6-13(12)19/h3-6,11,19H,2,7-10H2,1H3,(H2,17,21)(H,18,20). The number of phenols is 1. The van der Waals surface area contributed by atoms with Crippen molar-refractivity contribution in [1.82, 2.24) is 5.32 Å². The van der Waals surface area contributed by atoms with Crippen LogP contribution in [-0.2, 0) is 0 Å². The van der Waals surface area contributed by atoms with E-state index in [1.807, 2.05) is 0 Å². The Kier molecular flexibility index (Phi) is 4.83. The second-order valence-electron chi connectivity index (χ2n) is 5.77. The molecule has 5 heteroatoms. The van der Waals surface area contributed by atoms with Gasteiger partial charge in [-0.05, 0) is 43.7 Å². The smallest absolute Gasteiger partial charge is 0.255 e. The molecule has 0 bridgehead atoms. The molecule has 21 heavy (non-hydrogen) atoms. The predicted octanol–water partition coefficient (Wildman–Crippen LogP) is 2.75. The highest BCUT2D eigenvalue weighted by Crippen LogP contribution is 2.34. The molecule has 0 spiro atoms. The molecule has 0 atom stereocenters. The van der Waals surface area contributed by atoms with Gasteiger partial charge in [0, 0.05) is 0 Å². The molecule has 0 saturated heterocycles. The Bertz CT molecular complexity index is 537. The maximum Gasteiger partial charge on any atom is 0.255 e. The summed E-state index contributed by atoms with van der Waals surface area (Å²) in [6.45, 7) is 2.18. The lowest BCUT2D eigenvalue weighted by Gasteiger charge is -2.40. The number of nitrogens with one attached hydrogen (secondary N) is 1. The zero-order valence-corrected chi connectivity index (χ0v) is 13.1. The van der Waals surface area contributed by atoms with E-state index < -0.39 is 5.54 Å². The molecule has 2 rings (SSSR count). The van der Waals surface area contributed by atoms with Crippen LogP contribution in [0.1, 0.15) is 49.4 Å². The van der Waals surface area contributed by atoms with Gasteiger partial charge in [-0.15, -0.1) is 0 Å². The zero-order valence-electron chi connectivity index (χ0n) is 12.3. The largest absolute Gasteiger partial charge is 0.507 e. The van der Waals surface area contributed by atoms with Crippen molar-refractivity contribution in [3.63, 3.8) is 0 Å². The van der Waals surface area contributed by atoms with Crippen molar-refractivity contribution in [2.24, 2.45) is 11.7 Å². The molecule has 1 amide bonds. The number of nitrogens with two attached hydrogens (primary N) is 1. The molecule has 0 radical (unpaired) electrons. The molecule has 1 aliphatic carbocycles. The van der Waals surface area contributed by atoms with Crippen LogP contribution in [-0.4, -0.2) is 21.5 Å². The first-order valence-corrected chi connectivity index (χ1v) is 7.80. The van der Waals surface area contributed by atoms with Crippen LogP contribution in [0.3, 0.4) is 0 Å². The molecule has 0 unspecified atom stereocenters. The fraction of sp³-hybridized carbons (Fsp3) is 0.500. The highest BCUT2D eigenvalue weighted by molar-refractivity contribution is 7.80. The van der Waals surface area contributed by atoms with Gasteiger partial charge in [-0.25, -0.2) is 0 Å². The Hall–Kier alpha value is -1.62. The van der Waals surface area contributed by atoms with Gasteiger partial charge < -0.3 is 16.2 Å². The van der Waals surface area contributed by atoms with E-state index in [1.54, 1.807) is 18.2 Å². The summed E-state index contributed by atoms with van der Waals surface area (Å²) in [5, 5.41) is 12.8. The molecule has 4 N–H and O–H groups in total. The zero-order chi connectivity index (χ0) is 15.5. The molecule has 1 aromatic rings. The van der Waals surface area contributed by atoms with Crippen LogP contribution in [0, 0.1) is 5.92 Å². The van der Waals surface area contributed by atoms with Gasteiger partial charge in [-0.3, -0.25) is 4.79 Å². The molecular formula is C16H22N2O2S. The summed E-state index contributed by atoms with van der Waals surface area (Å²) >= 11 is 5.20. The van der Waals surface area contributed by atoms with Crippen LogP contribution < -0.4 is 11.1 Å². The minimum absolute atomic E-state index is 0.0321. The molecule has 0 aliphatic heterocycles. The average Bonchev–Trinajstić information content (AvgIpc) is 2.48. The lowest BCUT2D eigenvalue weighted by molar-refractivity contribution is 0.0895. The minimum Gasteiger partial charge on any atom is -0.507 e. The Balaban J connectivity index is 2.16. The lowest BCUT2D eigenvalue weighted by Crippen LogP contribution is -2.58. The molecule has 0 heterocycles. The van der Waals surface area contributed by atoms with Gasteiger partial charge >= 0.3 is 0 Å². The highest BCUT2D eigenvalue weighted by atomic mass is 32.1. The van der Waals surface area contributed by atoms with Crippen LogP contribution in [0.25, 0.3) is 0 Å². The van der Waals surface area contributed by atoms with Crippen LogP contribution in [0.4, 0.5) is 0 Å². The molecule has 1 fully saturated rings. The van der Waals surface area contributed by atoms with Crippen LogP contribution in [0.15, 0.2) is 24.3 Å². The first kappa shape index (κ1) is 15.8. The second-order valence-corrected chi connectivity index (χ2v) is 6.21. The SMILES string of the molecule is CCC1CCC(NC(=O)c2ccccc2O)(C(N)=S)CC1. The van der Waals surface area contributed by atoms with Crippen molar-refractivity contribution in [2.45, 2.75) is 44.6 Å². The maximum absolute atomic E-state index is 12.4. The second kappa shape index (κ2) is 6.43. The Morgan fingerprint density at radius 1 is 1.43 bits per heavy atom. The molecule has 1 aliphatic rings. The average molecular weight is 306 g/mol. The monoisotopic (exact) mass is 306 g/mol. The Morgan fingerprint density at radius 2 is 2.05 bits per heavy atom. The number of carbonyl (C=O) groups excluding carboxylic acids is 1. The van der Waals surface area contributed by atoms with E-state index in [2.05, 4.69) is 12.2 Å². The minimum atomic E-state index is -0.625. The Labute approximate surface area is 130 Å². The normalized spacial score (nSPS) is 25.3. The van der Waals surface area contributed by atoms with Gasteiger partial charge in [0.25, 0.3) is 5.91 Å². The van der Waals surface area contributed by atoms with E-state index in [0.29, 0.717) is 10.9 Å². The van der Waals surface area contributed by atoms with E-state index in [-0.39, 0.29) is 17.2 Å². The summed E-state index contributed by atoms with van der Waals surface area (Å²) in [5.41, 5.74) is 5.54. The van der Waals surface area contributed by atoms with Crippen LogP contribution in [0.2, 0.25) is 0 Å². The number of phenolic OH excluding ortho intramolecular Hbond substituents is 1. The number of carbonyl (C=O) groups is 1. The molecule has 114 valence electrons. The lowest BCUT2D eigenvalue weighted by atomic mass is 9.75. The van der Waals surface area contributed by atoms with Gasteiger partial charge in [-0.2, -0.15) is 0 Å². The van der Waals surface area contributed by atoms with Crippen molar-refractivity contribution in [1.29, 1.82) is 0 Å². The third kappa shape index (κ3) is 3.35. The van der Waals surface area contributed by atoms with Crippen LogP contribution in [0.5, 0.6) is 5.75 Å². The van der Waals surface area contributed by atoms with E-state index in [9.17, 15) is 9.90 Å². The first-order chi connectivity index (χ1) is 9.98. The highest BCUT2D eigenvalue weighted by Gasteiger charge is 2.39. The number of aromatic hydroxyl groups is 1. The van der Waals surface area contributed by atoms with E-state index in [0.717, 1.165) is 32.1 Å². The predicted molar refractivity (Wildman–Crippen MR) is 87.3 cm³/mol. The Morgan fingerprint density at radius 3 is 2.57 bits per heavy atom. The van der Waals surface area contributed by atoms with E-state index >= 15 is 0 Å². The van der Waals surface area contributed by atoms with Gasteiger partial charge in [0.15, 0.2) is 0 Å². The van der Waals surface area contributed by atoms with E-state index in [1.165, 1.54) is 6.07 Å². The number of hydrogen-bond acceptors (Lipinski definition) is 3. The van der Waals surface area contributed by atoms with Crippen molar-refractivity contribution in [3.8, 4) is 5.75 Å². The van der Waals surface area contributed by atoms with Crippen molar-refractivity contribution in [3.05, 3.63) is 29.8 Å². The third-order valence-electron chi connectivity index (χ3n) is 4.51. The third-order valence-corrected chi connectivity index (χ3v) is 4.90. The van der Waals surface area contributed by atoms with Crippen molar-refractivity contribution >= 4 is 23.1 Å². The quantitative estimate of drug-likeness (QED) is 0.748. The van der Waals surface area contributed by atoms with Gasteiger partial charge in [-0.1, -0.05) is 37.7 Å². The van der Waals surface area contributed by atoms with Gasteiger partial charge in [0.2, 0.25) is 0 Å². The first-order valence-electron chi connectivity index (χ1n) is 7.39. The van der Waals surface area contributed by atoms with Gasteiger partial charge in [0.1, 0.15) is 5.75 Å². The number of amides is 1. The number of rotatable bonds is 4. The van der Waals surface area contributed by atoms with E-state index in [4.69, 9.17) is 18.0 Å².